The van der Waals surface area contributed by atoms with Gasteiger partial charge < -0.3 is 10.3 Å². The molecule has 0 bridgehead atoms. The standard InChI is InChI=1S/C12H22N6/c1-9(2)17-4-6-18(7-5-17)12-10(3)11(16-13)14-8-15-12/h8-9H,4-7,13H2,1-3H3,(H,14,15,16). The maximum Gasteiger partial charge on any atom is 0.148 e. The SMILES string of the molecule is Cc1c(NN)ncnc1N1CCN(C(C)C)CC1. The van der Waals surface area contributed by atoms with E-state index in [9.17, 15) is 0 Å². The largest absolute Gasteiger partial charge is 0.354 e. The van der Waals surface area contributed by atoms with Gasteiger partial charge in [0.25, 0.3) is 0 Å². The topological polar surface area (TPSA) is 70.3 Å². The van der Waals surface area contributed by atoms with E-state index >= 15 is 0 Å². The van der Waals surface area contributed by atoms with Crippen LogP contribution in [-0.2, 0) is 0 Å². The molecule has 6 heteroatoms. The summed E-state index contributed by atoms with van der Waals surface area (Å²) in [6, 6.07) is 0.611. The molecule has 0 spiro atoms. The van der Waals surface area contributed by atoms with Gasteiger partial charge in [0.1, 0.15) is 18.0 Å². The molecule has 2 rings (SSSR count). The van der Waals surface area contributed by atoms with Gasteiger partial charge in [0, 0.05) is 37.8 Å². The highest BCUT2D eigenvalue weighted by atomic mass is 15.3. The van der Waals surface area contributed by atoms with Crippen LogP contribution in [0.4, 0.5) is 11.6 Å². The normalized spacial score (nSPS) is 17.3. The summed E-state index contributed by atoms with van der Waals surface area (Å²) in [5, 5.41) is 0. The molecule has 0 aromatic carbocycles. The maximum atomic E-state index is 5.44. The van der Waals surface area contributed by atoms with Crippen LogP contribution >= 0.6 is 0 Å². The third-order valence-electron chi connectivity index (χ3n) is 3.54. The van der Waals surface area contributed by atoms with Crippen molar-refractivity contribution < 1.29 is 0 Å². The Hall–Kier alpha value is -1.40. The molecule has 1 aromatic rings. The van der Waals surface area contributed by atoms with Crippen molar-refractivity contribution in [3.63, 3.8) is 0 Å². The zero-order chi connectivity index (χ0) is 13.1. The molecular weight excluding hydrogens is 228 g/mol. The third-order valence-corrected chi connectivity index (χ3v) is 3.54. The summed E-state index contributed by atoms with van der Waals surface area (Å²) in [5.74, 6) is 7.13. The number of rotatable bonds is 3. The van der Waals surface area contributed by atoms with Gasteiger partial charge in [-0.3, -0.25) is 4.90 Å². The molecule has 18 heavy (non-hydrogen) atoms. The second-order valence-electron chi connectivity index (χ2n) is 4.93. The molecule has 1 saturated heterocycles. The molecule has 3 N–H and O–H groups in total. The number of piperazine rings is 1. The number of hydrazine groups is 1. The first kappa shape index (κ1) is 13.0. The highest BCUT2D eigenvalue weighted by Crippen LogP contribution is 2.22. The summed E-state index contributed by atoms with van der Waals surface area (Å²) in [5.41, 5.74) is 3.63. The number of nitrogens with zero attached hydrogens (tertiary/aromatic N) is 4. The van der Waals surface area contributed by atoms with Crippen LogP contribution in [0, 0.1) is 6.92 Å². The van der Waals surface area contributed by atoms with Gasteiger partial charge in [-0.25, -0.2) is 15.8 Å². The molecule has 0 atom stereocenters. The molecule has 6 nitrogen and oxygen atoms in total. The number of hydrogen-bond donors (Lipinski definition) is 2. The minimum atomic E-state index is 0.611. The van der Waals surface area contributed by atoms with Crippen LogP contribution in [-0.4, -0.2) is 47.1 Å². The van der Waals surface area contributed by atoms with E-state index in [4.69, 9.17) is 5.84 Å². The van der Waals surface area contributed by atoms with Crippen LogP contribution < -0.4 is 16.2 Å². The van der Waals surface area contributed by atoms with Crippen molar-refractivity contribution in [2.45, 2.75) is 26.8 Å². The molecule has 0 aliphatic carbocycles. The molecular formula is C12H22N6. The highest BCUT2D eigenvalue weighted by Gasteiger charge is 2.21. The third kappa shape index (κ3) is 2.54. The van der Waals surface area contributed by atoms with Gasteiger partial charge in [0.05, 0.1) is 0 Å². The van der Waals surface area contributed by atoms with Gasteiger partial charge >= 0.3 is 0 Å². The second kappa shape index (κ2) is 5.49. The first-order chi connectivity index (χ1) is 8.63. The van der Waals surface area contributed by atoms with Crippen LogP contribution in [0.1, 0.15) is 19.4 Å². The lowest BCUT2D eigenvalue weighted by Crippen LogP contribution is -2.49. The molecule has 1 aliphatic heterocycles. The van der Waals surface area contributed by atoms with Crippen molar-refractivity contribution in [3.8, 4) is 0 Å². The van der Waals surface area contributed by atoms with Crippen molar-refractivity contribution in [1.82, 2.24) is 14.9 Å². The first-order valence-electron chi connectivity index (χ1n) is 6.40. The van der Waals surface area contributed by atoms with E-state index in [0.29, 0.717) is 11.9 Å². The summed E-state index contributed by atoms with van der Waals surface area (Å²) in [6.07, 6.45) is 1.56. The van der Waals surface area contributed by atoms with Crippen LogP contribution in [0.5, 0.6) is 0 Å². The van der Waals surface area contributed by atoms with Gasteiger partial charge in [-0.15, -0.1) is 0 Å². The number of nitrogen functional groups attached to an aromatic ring is 1. The van der Waals surface area contributed by atoms with Gasteiger partial charge in [-0.2, -0.15) is 0 Å². The molecule has 0 unspecified atom stereocenters. The number of aromatic nitrogens is 2. The smallest absolute Gasteiger partial charge is 0.148 e. The fourth-order valence-electron chi connectivity index (χ4n) is 2.36. The zero-order valence-corrected chi connectivity index (χ0v) is 11.3. The lowest BCUT2D eigenvalue weighted by Gasteiger charge is -2.38. The summed E-state index contributed by atoms with van der Waals surface area (Å²) in [6.45, 7) is 10.6. The number of hydrogen-bond acceptors (Lipinski definition) is 6. The minimum Gasteiger partial charge on any atom is -0.354 e. The lowest BCUT2D eigenvalue weighted by molar-refractivity contribution is 0.209. The molecule has 0 radical (unpaired) electrons. The first-order valence-corrected chi connectivity index (χ1v) is 6.40. The van der Waals surface area contributed by atoms with Crippen molar-refractivity contribution in [2.75, 3.05) is 36.5 Å². The van der Waals surface area contributed by atoms with Gasteiger partial charge in [0.2, 0.25) is 0 Å². The predicted octanol–water partition coefficient (Wildman–Crippen LogP) is 0.601. The Labute approximate surface area is 108 Å². The Morgan fingerprint density at radius 3 is 2.44 bits per heavy atom. The minimum absolute atomic E-state index is 0.611. The van der Waals surface area contributed by atoms with Crippen molar-refractivity contribution in [2.24, 2.45) is 5.84 Å². The lowest BCUT2D eigenvalue weighted by atomic mass is 10.2. The van der Waals surface area contributed by atoms with Gasteiger partial charge in [-0.1, -0.05) is 0 Å². The van der Waals surface area contributed by atoms with E-state index in [2.05, 4.69) is 39.0 Å². The van der Waals surface area contributed by atoms with E-state index in [-0.39, 0.29) is 0 Å². The molecule has 0 amide bonds. The highest BCUT2D eigenvalue weighted by molar-refractivity contribution is 5.57. The number of anilines is 2. The Kier molecular flexibility index (Phi) is 3.98. The van der Waals surface area contributed by atoms with E-state index in [1.165, 1.54) is 0 Å². The zero-order valence-electron chi connectivity index (χ0n) is 11.3. The molecule has 100 valence electrons. The van der Waals surface area contributed by atoms with E-state index in [1.54, 1.807) is 6.33 Å². The fraction of sp³-hybridized carbons (Fsp3) is 0.667. The van der Waals surface area contributed by atoms with Crippen molar-refractivity contribution >= 4 is 11.6 Å². The van der Waals surface area contributed by atoms with Crippen molar-refractivity contribution in [3.05, 3.63) is 11.9 Å². The monoisotopic (exact) mass is 250 g/mol. The van der Waals surface area contributed by atoms with Crippen LogP contribution in [0.2, 0.25) is 0 Å². The number of nitrogens with one attached hydrogen (secondary N) is 1. The molecule has 1 aliphatic rings. The number of nitrogens with two attached hydrogens (primary N) is 1. The average molecular weight is 250 g/mol. The second-order valence-corrected chi connectivity index (χ2v) is 4.93. The Bertz CT molecular complexity index is 398. The predicted molar refractivity (Wildman–Crippen MR) is 73.5 cm³/mol. The van der Waals surface area contributed by atoms with Crippen LogP contribution in [0.25, 0.3) is 0 Å². The van der Waals surface area contributed by atoms with E-state index in [0.717, 1.165) is 37.6 Å². The summed E-state index contributed by atoms with van der Waals surface area (Å²) < 4.78 is 0. The Morgan fingerprint density at radius 1 is 1.22 bits per heavy atom. The average Bonchev–Trinajstić information content (AvgIpc) is 2.39. The van der Waals surface area contributed by atoms with Crippen molar-refractivity contribution in [1.29, 1.82) is 0 Å². The summed E-state index contributed by atoms with van der Waals surface area (Å²) in [7, 11) is 0. The van der Waals surface area contributed by atoms with E-state index in [1.807, 2.05) is 6.92 Å². The molecule has 0 saturated carbocycles. The molecule has 1 fully saturated rings. The Balaban J connectivity index is 2.10. The Morgan fingerprint density at radius 2 is 1.89 bits per heavy atom. The molecule has 1 aromatic heterocycles. The summed E-state index contributed by atoms with van der Waals surface area (Å²) in [4.78, 5) is 13.3. The maximum absolute atomic E-state index is 5.44. The van der Waals surface area contributed by atoms with Crippen LogP contribution in [0.15, 0.2) is 6.33 Å². The molecule has 2 heterocycles. The van der Waals surface area contributed by atoms with Gasteiger partial charge in [0.15, 0.2) is 0 Å². The fourth-order valence-corrected chi connectivity index (χ4v) is 2.36. The summed E-state index contributed by atoms with van der Waals surface area (Å²) >= 11 is 0. The quantitative estimate of drug-likeness (QED) is 0.605. The van der Waals surface area contributed by atoms with Gasteiger partial charge in [-0.05, 0) is 20.8 Å². The van der Waals surface area contributed by atoms with Crippen LogP contribution in [0.3, 0.4) is 0 Å². The van der Waals surface area contributed by atoms with E-state index < -0.39 is 0 Å².